The summed E-state index contributed by atoms with van der Waals surface area (Å²) >= 11 is 0. The Labute approximate surface area is 103 Å². The summed E-state index contributed by atoms with van der Waals surface area (Å²) in [6.07, 6.45) is 7.90. The number of aliphatic hydroxyl groups is 1. The zero-order valence-electron chi connectivity index (χ0n) is 10.4. The second-order valence-electron chi connectivity index (χ2n) is 4.46. The molecule has 0 aromatic carbocycles. The first kappa shape index (κ1) is 14.0. The van der Waals surface area contributed by atoms with E-state index in [1.807, 2.05) is 6.92 Å². The summed E-state index contributed by atoms with van der Waals surface area (Å²) in [5.41, 5.74) is 0. The number of hydrogen-bond donors (Lipinski definition) is 1. The summed E-state index contributed by atoms with van der Waals surface area (Å²) in [5.74, 6) is 2.70. The second kappa shape index (κ2) is 7.31. The van der Waals surface area contributed by atoms with E-state index >= 15 is 0 Å². The molecule has 1 N–H and O–H groups in total. The molecule has 4 heteroatoms. The number of terminal acetylenes is 1. The van der Waals surface area contributed by atoms with Crippen molar-refractivity contribution in [1.29, 1.82) is 0 Å². The molecule has 1 aliphatic heterocycles. The molecule has 0 spiro atoms. The van der Waals surface area contributed by atoms with Crippen LogP contribution >= 0.6 is 0 Å². The van der Waals surface area contributed by atoms with E-state index in [0.717, 1.165) is 19.3 Å². The van der Waals surface area contributed by atoms with Crippen LogP contribution in [0, 0.1) is 12.3 Å². The van der Waals surface area contributed by atoms with Crippen molar-refractivity contribution < 1.29 is 14.6 Å². The van der Waals surface area contributed by atoms with Gasteiger partial charge in [-0.3, -0.25) is 4.79 Å². The minimum atomic E-state index is -0.242. The topological polar surface area (TPSA) is 49.8 Å². The standard InChI is InChI=1S/C13H21NO3/c1-3-4-5-6-7-13(16)14-8-11(2)17-12(9-14)10-15/h1,11-12,15H,4-10H2,2H3. The van der Waals surface area contributed by atoms with Gasteiger partial charge < -0.3 is 14.7 Å². The third-order valence-electron chi connectivity index (χ3n) is 2.84. The van der Waals surface area contributed by atoms with Crippen molar-refractivity contribution in [3.63, 3.8) is 0 Å². The summed E-state index contributed by atoms with van der Waals surface area (Å²) in [5, 5.41) is 9.07. The quantitative estimate of drug-likeness (QED) is 0.570. The number of rotatable bonds is 5. The minimum absolute atomic E-state index is 0.00411. The first-order chi connectivity index (χ1) is 8.17. The van der Waals surface area contributed by atoms with Gasteiger partial charge in [0.1, 0.15) is 0 Å². The van der Waals surface area contributed by atoms with Gasteiger partial charge >= 0.3 is 0 Å². The number of morpholine rings is 1. The number of carbonyl (C=O) groups excluding carboxylic acids is 1. The average molecular weight is 239 g/mol. The Balaban J connectivity index is 2.32. The molecule has 1 aliphatic rings. The van der Waals surface area contributed by atoms with Crippen LogP contribution in [0.4, 0.5) is 0 Å². The number of amides is 1. The van der Waals surface area contributed by atoms with Crippen LogP contribution in [0.1, 0.15) is 32.6 Å². The molecule has 1 rings (SSSR count). The Kier molecular flexibility index (Phi) is 6.03. The van der Waals surface area contributed by atoms with Crippen LogP contribution < -0.4 is 0 Å². The van der Waals surface area contributed by atoms with Crippen LogP contribution in [-0.2, 0) is 9.53 Å². The molecule has 0 radical (unpaired) electrons. The first-order valence-corrected chi connectivity index (χ1v) is 6.15. The largest absolute Gasteiger partial charge is 0.394 e. The highest BCUT2D eigenvalue weighted by Gasteiger charge is 2.27. The number of nitrogens with zero attached hydrogens (tertiary/aromatic N) is 1. The van der Waals surface area contributed by atoms with E-state index in [2.05, 4.69) is 5.92 Å². The molecule has 0 aromatic rings. The zero-order chi connectivity index (χ0) is 12.7. The Hall–Kier alpha value is -1.05. The molecule has 1 saturated heterocycles. The molecule has 0 aliphatic carbocycles. The molecule has 1 fully saturated rings. The van der Waals surface area contributed by atoms with Crippen molar-refractivity contribution in [2.75, 3.05) is 19.7 Å². The van der Waals surface area contributed by atoms with Gasteiger partial charge in [0.05, 0.1) is 18.8 Å². The van der Waals surface area contributed by atoms with E-state index < -0.39 is 0 Å². The van der Waals surface area contributed by atoms with Crippen LogP contribution in [-0.4, -0.2) is 47.8 Å². The van der Waals surface area contributed by atoms with E-state index in [9.17, 15) is 4.79 Å². The molecule has 2 atom stereocenters. The monoisotopic (exact) mass is 239 g/mol. The molecule has 2 unspecified atom stereocenters. The van der Waals surface area contributed by atoms with E-state index in [4.69, 9.17) is 16.3 Å². The number of carbonyl (C=O) groups is 1. The zero-order valence-corrected chi connectivity index (χ0v) is 10.4. The van der Waals surface area contributed by atoms with Gasteiger partial charge in [0.2, 0.25) is 5.91 Å². The molecule has 0 bridgehead atoms. The van der Waals surface area contributed by atoms with Gasteiger partial charge in [-0.1, -0.05) is 0 Å². The summed E-state index contributed by atoms with van der Waals surface area (Å²) in [6.45, 7) is 2.99. The fourth-order valence-corrected chi connectivity index (χ4v) is 2.01. The van der Waals surface area contributed by atoms with Gasteiger partial charge in [-0.05, 0) is 19.8 Å². The highest BCUT2D eigenvalue weighted by Crippen LogP contribution is 2.13. The highest BCUT2D eigenvalue weighted by molar-refractivity contribution is 5.76. The van der Waals surface area contributed by atoms with Crippen LogP contribution in [0.15, 0.2) is 0 Å². The molecule has 0 aromatic heterocycles. The van der Waals surface area contributed by atoms with Gasteiger partial charge in [0.25, 0.3) is 0 Å². The van der Waals surface area contributed by atoms with Gasteiger partial charge in [-0.25, -0.2) is 0 Å². The third kappa shape index (κ3) is 4.76. The van der Waals surface area contributed by atoms with Crippen molar-refractivity contribution in [2.24, 2.45) is 0 Å². The SMILES string of the molecule is C#CCCCCC(=O)N1CC(C)OC(CO)C1. The van der Waals surface area contributed by atoms with Gasteiger partial charge in [-0.15, -0.1) is 12.3 Å². The lowest BCUT2D eigenvalue weighted by atomic mass is 10.1. The van der Waals surface area contributed by atoms with Crippen LogP contribution in [0.3, 0.4) is 0 Å². The molecule has 0 saturated carbocycles. The second-order valence-corrected chi connectivity index (χ2v) is 4.46. The fourth-order valence-electron chi connectivity index (χ4n) is 2.01. The molecule has 17 heavy (non-hydrogen) atoms. The summed E-state index contributed by atoms with van der Waals surface area (Å²) < 4.78 is 5.49. The molecular weight excluding hydrogens is 218 g/mol. The van der Waals surface area contributed by atoms with Crippen LogP contribution in [0.2, 0.25) is 0 Å². The first-order valence-electron chi connectivity index (χ1n) is 6.15. The summed E-state index contributed by atoms with van der Waals surface area (Å²) in [6, 6.07) is 0. The summed E-state index contributed by atoms with van der Waals surface area (Å²) in [7, 11) is 0. The lowest BCUT2D eigenvalue weighted by molar-refractivity contribution is -0.147. The maximum atomic E-state index is 11.9. The molecule has 1 heterocycles. The van der Waals surface area contributed by atoms with E-state index in [1.54, 1.807) is 4.90 Å². The predicted molar refractivity (Wildman–Crippen MR) is 65.3 cm³/mol. The number of ether oxygens (including phenoxy) is 1. The highest BCUT2D eigenvalue weighted by atomic mass is 16.5. The number of unbranched alkanes of at least 4 members (excludes halogenated alkanes) is 2. The molecular formula is C13H21NO3. The minimum Gasteiger partial charge on any atom is -0.394 e. The number of aliphatic hydroxyl groups excluding tert-OH is 1. The third-order valence-corrected chi connectivity index (χ3v) is 2.84. The van der Waals surface area contributed by atoms with Gasteiger partial charge in [0, 0.05) is 25.9 Å². The molecule has 4 nitrogen and oxygen atoms in total. The van der Waals surface area contributed by atoms with Crippen molar-refractivity contribution in [3.8, 4) is 12.3 Å². The Bertz CT molecular complexity index is 285. The maximum Gasteiger partial charge on any atom is 0.222 e. The smallest absolute Gasteiger partial charge is 0.222 e. The Morgan fingerprint density at radius 2 is 2.29 bits per heavy atom. The molecule has 96 valence electrons. The number of hydrogen-bond acceptors (Lipinski definition) is 3. The van der Waals surface area contributed by atoms with Crippen LogP contribution in [0.25, 0.3) is 0 Å². The normalized spacial score (nSPS) is 24.4. The van der Waals surface area contributed by atoms with Crippen molar-refractivity contribution in [2.45, 2.75) is 44.8 Å². The van der Waals surface area contributed by atoms with Gasteiger partial charge in [-0.2, -0.15) is 0 Å². The van der Waals surface area contributed by atoms with Gasteiger partial charge in [0.15, 0.2) is 0 Å². The van der Waals surface area contributed by atoms with Crippen LogP contribution in [0.5, 0.6) is 0 Å². The lowest BCUT2D eigenvalue weighted by Crippen LogP contribution is -2.50. The van der Waals surface area contributed by atoms with E-state index in [1.165, 1.54) is 0 Å². The van der Waals surface area contributed by atoms with E-state index in [-0.39, 0.29) is 24.7 Å². The van der Waals surface area contributed by atoms with Crippen molar-refractivity contribution >= 4 is 5.91 Å². The average Bonchev–Trinajstić information content (AvgIpc) is 2.33. The Morgan fingerprint density at radius 1 is 1.53 bits per heavy atom. The fraction of sp³-hybridized carbons (Fsp3) is 0.769. The lowest BCUT2D eigenvalue weighted by Gasteiger charge is -2.36. The predicted octanol–water partition coefficient (Wildman–Crippen LogP) is 0.788. The van der Waals surface area contributed by atoms with E-state index in [0.29, 0.717) is 19.5 Å². The Morgan fingerprint density at radius 3 is 2.94 bits per heavy atom. The van der Waals surface area contributed by atoms with Crippen molar-refractivity contribution in [3.05, 3.63) is 0 Å². The summed E-state index contributed by atoms with van der Waals surface area (Å²) in [4.78, 5) is 13.7. The van der Waals surface area contributed by atoms with Crippen molar-refractivity contribution in [1.82, 2.24) is 4.90 Å². The molecule has 1 amide bonds. The maximum absolute atomic E-state index is 11.9.